The van der Waals surface area contributed by atoms with Crippen molar-refractivity contribution in [2.45, 2.75) is 7.43 Å². The van der Waals surface area contributed by atoms with Crippen LogP contribution >= 0.6 is 0 Å². The first-order valence-electron chi connectivity index (χ1n) is 1.10. The van der Waals surface area contributed by atoms with Gasteiger partial charge >= 0.3 is 5.97 Å². The van der Waals surface area contributed by atoms with E-state index in [4.69, 9.17) is 15.0 Å². The Hall–Kier alpha value is -0.570. The summed E-state index contributed by atoms with van der Waals surface area (Å²) in [5.41, 5.74) is 0. The lowest BCUT2D eigenvalue weighted by Gasteiger charge is -1.72. The summed E-state index contributed by atoms with van der Waals surface area (Å²) in [4.78, 5) is 9.12. The average molecular weight is 92.1 g/mol. The summed E-state index contributed by atoms with van der Waals surface area (Å²) in [5.74, 6) is -1.19. The third kappa shape index (κ3) is 9.90. The Morgan fingerprint density at radius 3 is 1.83 bits per heavy atom. The van der Waals surface area contributed by atoms with E-state index in [1.165, 1.54) is 0 Å². The van der Waals surface area contributed by atoms with Gasteiger partial charge in [-0.15, -0.1) is 0 Å². The smallest absolute Gasteiger partial charge is 0.329 e. The normalized spacial score (nSPS) is 6.17. The van der Waals surface area contributed by atoms with Gasteiger partial charge in [-0.2, -0.15) is 0 Å². The van der Waals surface area contributed by atoms with E-state index in [0.29, 0.717) is 0 Å². The summed E-state index contributed by atoms with van der Waals surface area (Å²) >= 11 is 0. The number of hydrogen-bond donors (Lipinski definition) is 2. The van der Waals surface area contributed by atoms with Crippen molar-refractivity contribution in [1.82, 2.24) is 0 Å². The van der Waals surface area contributed by atoms with Crippen molar-refractivity contribution in [3.8, 4) is 0 Å². The van der Waals surface area contributed by atoms with Crippen molar-refractivity contribution in [2.75, 3.05) is 6.61 Å². The molecule has 6 heavy (non-hydrogen) atoms. The molecule has 0 atom stereocenters. The molecule has 0 heterocycles. The Kier molecular flexibility index (Phi) is 6.69. The van der Waals surface area contributed by atoms with Crippen LogP contribution in [0.1, 0.15) is 7.43 Å². The molecule has 0 aliphatic carbocycles. The van der Waals surface area contributed by atoms with Gasteiger partial charge in [-0.3, -0.25) is 0 Å². The number of aliphatic hydroxyl groups excluding tert-OH is 1. The van der Waals surface area contributed by atoms with E-state index < -0.39 is 12.6 Å². The first-order valence-corrected chi connectivity index (χ1v) is 1.10. The molecule has 0 aromatic heterocycles. The largest absolute Gasteiger partial charge is 0.480 e. The molecular weight excluding hydrogens is 84.0 g/mol. The Morgan fingerprint density at radius 2 is 1.83 bits per heavy atom. The highest BCUT2D eigenvalue weighted by molar-refractivity contribution is 5.67. The molecule has 0 aliphatic rings. The zero-order valence-electron chi connectivity index (χ0n) is 2.51. The van der Waals surface area contributed by atoms with Crippen LogP contribution in [-0.4, -0.2) is 22.8 Å². The van der Waals surface area contributed by atoms with Crippen molar-refractivity contribution in [1.29, 1.82) is 0 Å². The summed E-state index contributed by atoms with van der Waals surface area (Å²) in [7, 11) is 0. The molecule has 0 bridgehead atoms. The number of carboxylic acid groups (broad SMARTS) is 1. The van der Waals surface area contributed by atoms with Gasteiger partial charge in [0, 0.05) is 0 Å². The maximum absolute atomic E-state index is 9.12. The molecule has 0 amide bonds. The van der Waals surface area contributed by atoms with Gasteiger partial charge in [0.05, 0.1) is 0 Å². The molecule has 0 saturated carbocycles. The number of hydrogen-bond acceptors (Lipinski definition) is 2. The quantitative estimate of drug-likeness (QED) is 0.467. The van der Waals surface area contributed by atoms with E-state index in [0.717, 1.165) is 0 Å². The van der Waals surface area contributed by atoms with E-state index >= 15 is 0 Å². The highest BCUT2D eigenvalue weighted by Gasteiger charge is 1.82. The van der Waals surface area contributed by atoms with Gasteiger partial charge in [-0.25, -0.2) is 4.79 Å². The molecule has 0 unspecified atom stereocenters. The summed E-state index contributed by atoms with van der Waals surface area (Å²) < 4.78 is 0. The van der Waals surface area contributed by atoms with Gasteiger partial charge < -0.3 is 10.2 Å². The minimum atomic E-state index is -1.19. The maximum Gasteiger partial charge on any atom is 0.329 e. The lowest BCUT2D eigenvalue weighted by Crippen LogP contribution is -1.98. The van der Waals surface area contributed by atoms with Gasteiger partial charge in [0.2, 0.25) is 0 Å². The fourth-order valence-electron chi connectivity index (χ4n) is 0. The maximum atomic E-state index is 9.12. The molecule has 0 spiro atoms. The average Bonchev–Trinajstić information content (AvgIpc) is 1.38. The van der Waals surface area contributed by atoms with E-state index in [9.17, 15) is 0 Å². The molecule has 3 nitrogen and oxygen atoms in total. The fraction of sp³-hybridized carbons (Fsp3) is 0.667. The van der Waals surface area contributed by atoms with Crippen molar-refractivity contribution < 1.29 is 15.0 Å². The van der Waals surface area contributed by atoms with Crippen molar-refractivity contribution in [3.05, 3.63) is 0 Å². The monoisotopic (exact) mass is 92.0 g/mol. The second-order valence-corrected chi connectivity index (χ2v) is 0.552. The Balaban J connectivity index is 0. The molecule has 0 radical (unpaired) electrons. The highest BCUT2D eigenvalue weighted by atomic mass is 16.4. The van der Waals surface area contributed by atoms with E-state index in [2.05, 4.69) is 0 Å². The van der Waals surface area contributed by atoms with Crippen LogP contribution in [0.5, 0.6) is 0 Å². The molecule has 0 aromatic rings. The number of carboxylic acids is 1. The standard InChI is InChI=1S/C2H4O3.CH4/c3-1-2(4)5;/h3H,1H2,(H,4,5);1H4. The molecule has 0 aliphatic heterocycles. The number of rotatable bonds is 1. The van der Waals surface area contributed by atoms with Gasteiger partial charge in [-0.05, 0) is 0 Å². The second kappa shape index (κ2) is 4.43. The minimum Gasteiger partial charge on any atom is -0.480 e. The van der Waals surface area contributed by atoms with E-state index in [1.54, 1.807) is 0 Å². The molecule has 0 fully saturated rings. The van der Waals surface area contributed by atoms with Crippen molar-refractivity contribution >= 4 is 5.97 Å². The molecular formula is C3H8O3. The topological polar surface area (TPSA) is 57.5 Å². The van der Waals surface area contributed by atoms with Gasteiger partial charge in [0.15, 0.2) is 0 Å². The lowest BCUT2D eigenvalue weighted by atomic mass is 10.8. The van der Waals surface area contributed by atoms with Gasteiger partial charge in [0.25, 0.3) is 0 Å². The van der Waals surface area contributed by atoms with Crippen molar-refractivity contribution in [3.63, 3.8) is 0 Å². The van der Waals surface area contributed by atoms with Crippen LogP contribution in [0.15, 0.2) is 0 Å². The molecule has 2 N–H and O–H groups in total. The van der Waals surface area contributed by atoms with Crippen LogP contribution in [-0.2, 0) is 4.79 Å². The predicted octanol–water partition coefficient (Wildman–Crippen LogP) is -0.301. The van der Waals surface area contributed by atoms with Crippen molar-refractivity contribution in [2.24, 2.45) is 0 Å². The number of aliphatic carboxylic acids is 1. The SMILES string of the molecule is C.O=C(O)CO. The zero-order valence-corrected chi connectivity index (χ0v) is 2.51. The molecule has 0 aromatic carbocycles. The highest BCUT2D eigenvalue weighted by Crippen LogP contribution is 1.48. The zero-order chi connectivity index (χ0) is 4.28. The lowest BCUT2D eigenvalue weighted by molar-refractivity contribution is -0.140. The summed E-state index contributed by atoms with van der Waals surface area (Å²) in [6, 6.07) is 0. The minimum absolute atomic E-state index is 0. The van der Waals surface area contributed by atoms with Crippen LogP contribution in [0.25, 0.3) is 0 Å². The summed E-state index contributed by atoms with van der Waals surface area (Å²) in [6.07, 6.45) is 0. The molecule has 0 saturated heterocycles. The predicted molar refractivity (Wildman–Crippen MR) is 21.5 cm³/mol. The Morgan fingerprint density at radius 1 is 1.67 bits per heavy atom. The first kappa shape index (κ1) is 9.06. The second-order valence-electron chi connectivity index (χ2n) is 0.552. The van der Waals surface area contributed by atoms with Crippen LogP contribution < -0.4 is 0 Å². The van der Waals surface area contributed by atoms with Crippen LogP contribution in [0, 0.1) is 0 Å². The van der Waals surface area contributed by atoms with Gasteiger partial charge in [0.1, 0.15) is 6.61 Å². The Labute approximate surface area is 36.2 Å². The Bertz CT molecular complexity index is 41.3. The number of carbonyl (C=O) groups is 1. The van der Waals surface area contributed by atoms with Gasteiger partial charge in [-0.1, -0.05) is 7.43 Å². The summed E-state index contributed by atoms with van der Waals surface area (Å²) in [5, 5.41) is 15.0. The first-order chi connectivity index (χ1) is 2.27. The third-order valence-corrected chi connectivity index (χ3v) is 0.135. The molecule has 0 rings (SSSR count). The van der Waals surface area contributed by atoms with Crippen LogP contribution in [0.2, 0.25) is 0 Å². The van der Waals surface area contributed by atoms with E-state index in [1.807, 2.05) is 0 Å². The third-order valence-electron chi connectivity index (χ3n) is 0.135. The molecule has 38 valence electrons. The summed E-state index contributed by atoms with van der Waals surface area (Å²) in [6.45, 7) is -0.778. The molecule has 3 heteroatoms. The van der Waals surface area contributed by atoms with Crippen LogP contribution in [0.3, 0.4) is 0 Å². The fourth-order valence-corrected chi connectivity index (χ4v) is 0. The van der Waals surface area contributed by atoms with Crippen LogP contribution in [0.4, 0.5) is 0 Å². The number of aliphatic hydroxyl groups is 1. The van der Waals surface area contributed by atoms with E-state index in [-0.39, 0.29) is 7.43 Å².